The Balaban J connectivity index is 1.91. The third-order valence-electron chi connectivity index (χ3n) is 4.03. The second-order valence-corrected chi connectivity index (χ2v) is 7.07. The highest BCUT2D eigenvalue weighted by Gasteiger charge is 2.27. The van der Waals surface area contributed by atoms with Crippen LogP contribution in [-0.4, -0.2) is 54.9 Å². The molecule has 1 aliphatic heterocycles. The number of rotatable bonds is 5. The van der Waals surface area contributed by atoms with Crippen LogP contribution in [0.2, 0.25) is 0 Å². The molecule has 0 saturated carbocycles. The first-order valence-electron chi connectivity index (χ1n) is 8.18. The van der Waals surface area contributed by atoms with Gasteiger partial charge in [0.2, 0.25) is 0 Å². The van der Waals surface area contributed by atoms with E-state index in [2.05, 4.69) is 4.98 Å². The van der Waals surface area contributed by atoms with E-state index in [1.54, 1.807) is 36.2 Å². The zero-order valence-corrected chi connectivity index (χ0v) is 15.7. The lowest BCUT2D eigenvalue weighted by atomic mass is 10.1. The summed E-state index contributed by atoms with van der Waals surface area (Å²) in [6.07, 6.45) is 1.26. The van der Waals surface area contributed by atoms with Crippen LogP contribution in [-0.2, 0) is 14.3 Å². The number of carbonyl (C=O) groups excluding carboxylic acids is 2. The largest absolute Gasteiger partial charge is 0.472 e. The van der Waals surface area contributed by atoms with Crippen molar-refractivity contribution in [3.8, 4) is 16.3 Å². The van der Waals surface area contributed by atoms with Crippen LogP contribution in [0.15, 0.2) is 24.4 Å². The van der Waals surface area contributed by atoms with Crippen molar-refractivity contribution >= 4 is 23.2 Å². The number of esters is 1. The van der Waals surface area contributed by atoms with Gasteiger partial charge in [-0.15, -0.1) is 11.3 Å². The molecule has 0 aliphatic carbocycles. The van der Waals surface area contributed by atoms with Crippen LogP contribution in [0, 0.1) is 6.92 Å². The first-order chi connectivity index (χ1) is 12.5. The normalized spacial score (nSPS) is 17.3. The molecule has 3 rings (SSSR count). The average Bonchev–Trinajstić information content (AvgIpc) is 3.08. The molecule has 2 heterocycles. The number of ether oxygens (including phenoxy) is 3. The van der Waals surface area contributed by atoms with Crippen LogP contribution >= 0.6 is 11.3 Å². The summed E-state index contributed by atoms with van der Waals surface area (Å²) in [4.78, 5) is 31.3. The molecule has 1 saturated heterocycles. The standard InChI is InChI=1S/C18H20N2O5S/c1-11-9-19-16(26-11)15-13(18(22)23-3)5-4-6-14(15)25-10-20-7-8-24-12(2)17(20)21/h4-6,9,12H,7-8,10H2,1-3H3/t12-/m1/s1. The minimum atomic E-state index is -0.477. The summed E-state index contributed by atoms with van der Waals surface area (Å²) in [6, 6.07) is 5.15. The zero-order chi connectivity index (χ0) is 18.7. The fraction of sp³-hybridized carbons (Fsp3) is 0.389. The Kier molecular flexibility index (Phi) is 5.53. The Morgan fingerprint density at radius 2 is 2.27 bits per heavy atom. The van der Waals surface area contributed by atoms with Gasteiger partial charge in [0.25, 0.3) is 5.91 Å². The highest BCUT2D eigenvalue weighted by atomic mass is 32.1. The Morgan fingerprint density at radius 3 is 2.96 bits per heavy atom. The van der Waals surface area contributed by atoms with Crippen molar-refractivity contribution in [1.82, 2.24) is 9.88 Å². The van der Waals surface area contributed by atoms with Crippen molar-refractivity contribution < 1.29 is 23.8 Å². The maximum atomic E-state index is 12.2. The van der Waals surface area contributed by atoms with Gasteiger partial charge in [-0.3, -0.25) is 4.79 Å². The molecule has 26 heavy (non-hydrogen) atoms. The van der Waals surface area contributed by atoms with E-state index in [1.807, 2.05) is 6.92 Å². The first-order valence-corrected chi connectivity index (χ1v) is 9.00. The van der Waals surface area contributed by atoms with Crippen LogP contribution in [0.4, 0.5) is 0 Å². The van der Waals surface area contributed by atoms with Gasteiger partial charge >= 0.3 is 5.97 Å². The van der Waals surface area contributed by atoms with Gasteiger partial charge in [-0.2, -0.15) is 0 Å². The number of aryl methyl sites for hydroxylation is 1. The molecule has 1 aliphatic rings. The van der Waals surface area contributed by atoms with E-state index in [-0.39, 0.29) is 12.6 Å². The van der Waals surface area contributed by atoms with E-state index >= 15 is 0 Å². The predicted molar refractivity (Wildman–Crippen MR) is 96.2 cm³/mol. The first kappa shape index (κ1) is 18.3. The lowest BCUT2D eigenvalue weighted by molar-refractivity contribution is -0.155. The number of amides is 1. The maximum absolute atomic E-state index is 12.2. The SMILES string of the molecule is COC(=O)c1cccc(OCN2CCO[C@H](C)C2=O)c1-c1ncc(C)s1. The molecule has 8 heteroatoms. The zero-order valence-electron chi connectivity index (χ0n) is 14.9. The number of morpholine rings is 1. The summed E-state index contributed by atoms with van der Waals surface area (Å²) in [6.45, 7) is 4.67. The quantitative estimate of drug-likeness (QED) is 0.746. The van der Waals surface area contributed by atoms with E-state index in [1.165, 1.54) is 18.4 Å². The molecule has 138 valence electrons. The average molecular weight is 376 g/mol. The topological polar surface area (TPSA) is 78.0 Å². The van der Waals surface area contributed by atoms with Crippen LogP contribution in [0.25, 0.3) is 10.6 Å². The van der Waals surface area contributed by atoms with E-state index < -0.39 is 12.1 Å². The van der Waals surface area contributed by atoms with Gasteiger partial charge in [-0.1, -0.05) is 6.07 Å². The molecule has 1 amide bonds. The molecule has 0 N–H and O–H groups in total. The number of thiazole rings is 1. The fourth-order valence-electron chi connectivity index (χ4n) is 2.68. The third kappa shape index (κ3) is 3.71. The molecule has 1 atom stereocenters. The van der Waals surface area contributed by atoms with Crippen LogP contribution in [0.5, 0.6) is 5.75 Å². The molecule has 7 nitrogen and oxygen atoms in total. The molecular formula is C18H20N2O5S. The second kappa shape index (κ2) is 7.84. The Hall–Kier alpha value is -2.45. The smallest absolute Gasteiger partial charge is 0.338 e. The number of hydrogen-bond donors (Lipinski definition) is 0. The van der Waals surface area contributed by atoms with Gasteiger partial charge in [-0.05, 0) is 26.0 Å². The maximum Gasteiger partial charge on any atom is 0.338 e. The molecule has 2 aromatic rings. The van der Waals surface area contributed by atoms with Gasteiger partial charge in [0, 0.05) is 17.6 Å². The summed E-state index contributed by atoms with van der Waals surface area (Å²) in [5, 5.41) is 0.667. The van der Waals surface area contributed by atoms with Gasteiger partial charge < -0.3 is 19.1 Å². The molecule has 0 unspecified atom stereocenters. The highest BCUT2D eigenvalue weighted by Crippen LogP contribution is 2.36. The summed E-state index contributed by atoms with van der Waals surface area (Å²) in [5.41, 5.74) is 0.951. The van der Waals surface area contributed by atoms with Crippen LogP contribution in [0.3, 0.4) is 0 Å². The molecule has 0 spiro atoms. The van der Waals surface area contributed by atoms with Crippen molar-refractivity contribution in [3.05, 3.63) is 34.8 Å². The van der Waals surface area contributed by atoms with E-state index in [4.69, 9.17) is 14.2 Å². The Labute approximate surface area is 155 Å². The summed E-state index contributed by atoms with van der Waals surface area (Å²) in [5.74, 6) is -0.101. The highest BCUT2D eigenvalue weighted by molar-refractivity contribution is 7.15. The Bertz CT molecular complexity index is 820. The minimum absolute atomic E-state index is 0.0779. The molecule has 0 radical (unpaired) electrons. The summed E-state index contributed by atoms with van der Waals surface area (Å²) >= 11 is 1.46. The number of methoxy groups -OCH3 is 1. The van der Waals surface area contributed by atoms with Gasteiger partial charge in [0.15, 0.2) is 6.73 Å². The van der Waals surface area contributed by atoms with Crippen molar-refractivity contribution in [1.29, 1.82) is 0 Å². The van der Waals surface area contributed by atoms with Gasteiger partial charge in [-0.25, -0.2) is 9.78 Å². The monoisotopic (exact) mass is 376 g/mol. The molecule has 1 aromatic heterocycles. The van der Waals surface area contributed by atoms with E-state index in [9.17, 15) is 9.59 Å². The minimum Gasteiger partial charge on any atom is -0.472 e. The molecule has 1 fully saturated rings. The van der Waals surface area contributed by atoms with E-state index in [0.29, 0.717) is 35.0 Å². The number of carbonyl (C=O) groups is 2. The lowest BCUT2D eigenvalue weighted by Gasteiger charge is -2.30. The number of hydrogen-bond acceptors (Lipinski definition) is 7. The summed E-state index contributed by atoms with van der Waals surface area (Å²) in [7, 11) is 1.33. The van der Waals surface area contributed by atoms with Crippen molar-refractivity contribution in [2.45, 2.75) is 20.0 Å². The summed E-state index contributed by atoms with van der Waals surface area (Å²) < 4.78 is 16.1. The number of benzene rings is 1. The van der Waals surface area contributed by atoms with Crippen molar-refractivity contribution in [2.24, 2.45) is 0 Å². The second-order valence-electron chi connectivity index (χ2n) is 5.83. The van der Waals surface area contributed by atoms with E-state index in [0.717, 1.165) is 4.88 Å². The van der Waals surface area contributed by atoms with Crippen molar-refractivity contribution in [3.63, 3.8) is 0 Å². The van der Waals surface area contributed by atoms with Gasteiger partial charge in [0.05, 0.1) is 24.8 Å². The molecular weight excluding hydrogens is 356 g/mol. The fourth-order valence-corrected chi connectivity index (χ4v) is 3.50. The molecule has 1 aromatic carbocycles. The lowest BCUT2D eigenvalue weighted by Crippen LogP contribution is -2.47. The Morgan fingerprint density at radius 1 is 1.46 bits per heavy atom. The van der Waals surface area contributed by atoms with Gasteiger partial charge in [0.1, 0.15) is 16.9 Å². The third-order valence-corrected chi connectivity index (χ3v) is 4.96. The van der Waals surface area contributed by atoms with Crippen LogP contribution in [0.1, 0.15) is 22.2 Å². The molecule has 0 bridgehead atoms. The number of aromatic nitrogens is 1. The van der Waals surface area contributed by atoms with Crippen LogP contribution < -0.4 is 4.74 Å². The predicted octanol–water partition coefficient (Wildman–Crippen LogP) is 2.49. The number of nitrogens with zero attached hydrogens (tertiary/aromatic N) is 2. The van der Waals surface area contributed by atoms with Crippen molar-refractivity contribution in [2.75, 3.05) is 27.0 Å².